The Morgan fingerprint density at radius 2 is 1.89 bits per heavy atom. The zero-order chi connectivity index (χ0) is 13.5. The smallest absolute Gasteiger partial charge is 0.130 e. The molecule has 0 aliphatic heterocycles. The highest BCUT2D eigenvalue weighted by atomic mass is 19.1. The second kappa shape index (κ2) is 4.54. The second-order valence-electron chi connectivity index (χ2n) is 5.67. The highest BCUT2D eigenvalue weighted by molar-refractivity contribution is 5.46. The predicted molar refractivity (Wildman–Crippen MR) is 71.6 cm³/mol. The molecular weight excluding hydrogens is 229 g/mol. The molecule has 100 valence electrons. The predicted octanol–water partition coefficient (Wildman–Crippen LogP) is 3.34. The molecule has 1 aromatic carbocycles. The number of methoxy groups -OCH3 is 1. The Bertz CT molecular complexity index is 450. The van der Waals surface area contributed by atoms with E-state index in [1.807, 2.05) is 26.8 Å². The summed E-state index contributed by atoms with van der Waals surface area (Å²) >= 11 is 0. The SMILES string of the molecule is COc1cc(C2(C(C)N)CC2)cc(F)c1C(C)C. The Kier molecular flexibility index (Phi) is 3.37. The highest BCUT2D eigenvalue weighted by Crippen LogP contribution is 2.51. The van der Waals surface area contributed by atoms with E-state index in [4.69, 9.17) is 10.5 Å². The van der Waals surface area contributed by atoms with E-state index >= 15 is 0 Å². The Balaban J connectivity index is 2.50. The molecule has 0 bridgehead atoms. The summed E-state index contributed by atoms with van der Waals surface area (Å²) in [6.45, 7) is 5.94. The van der Waals surface area contributed by atoms with Crippen LogP contribution in [0.5, 0.6) is 5.75 Å². The van der Waals surface area contributed by atoms with E-state index in [9.17, 15) is 4.39 Å². The van der Waals surface area contributed by atoms with E-state index in [2.05, 4.69) is 0 Å². The van der Waals surface area contributed by atoms with Crippen LogP contribution in [0.3, 0.4) is 0 Å². The Morgan fingerprint density at radius 3 is 2.28 bits per heavy atom. The fraction of sp³-hybridized carbons (Fsp3) is 0.600. The molecule has 2 N–H and O–H groups in total. The Hall–Kier alpha value is -1.09. The zero-order valence-electron chi connectivity index (χ0n) is 11.6. The lowest BCUT2D eigenvalue weighted by Crippen LogP contribution is -2.31. The van der Waals surface area contributed by atoms with Crippen molar-refractivity contribution < 1.29 is 9.13 Å². The number of hydrogen-bond acceptors (Lipinski definition) is 2. The van der Waals surface area contributed by atoms with Crippen molar-refractivity contribution in [3.8, 4) is 5.75 Å². The van der Waals surface area contributed by atoms with Crippen LogP contribution < -0.4 is 10.5 Å². The number of halogens is 1. The number of benzene rings is 1. The largest absolute Gasteiger partial charge is 0.496 e. The van der Waals surface area contributed by atoms with Gasteiger partial charge < -0.3 is 10.5 Å². The third-order valence-corrected chi connectivity index (χ3v) is 4.12. The van der Waals surface area contributed by atoms with Gasteiger partial charge in [0.2, 0.25) is 0 Å². The van der Waals surface area contributed by atoms with Crippen LogP contribution in [0.15, 0.2) is 12.1 Å². The standard InChI is InChI=1S/C15H22FNO/c1-9(2)14-12(16)7-11(8-13(14)18-4)15(5-6-15)10(3)17/h7-10H,5-6,17H2,1-4H3. The molecule has 1 saturated carbocycles. The molecule has 3 heteroatoms. The molecule has 1 aromatic rings. The molecule has 1 atom stereocenters. The summed E-state index contributed by atoms with van der Waals surface area (Å²) in [5.74, 6) is 0.581. The highest BCUT2D eigenvalue weighted by Gasteiger charge is 2.48. The van der Waals surface area contributed by atoms with Crippen molar-refractivity contribution in [3.05, 3.63) is 29.1 Å². The van der Waals surface area contributed by atoms with E-state index < -0.39 is 0 Å². The van der Waals surface area contributed by atoms with Crippen LogP contribution in [0.25, 0.3) is 0 Å². The number of hydrogen-bond donors (Lipinski definition) is 1. The molecule has 0 heterocycles. The molecular formula is C15H22FNO. The number of rotatable bonds is 4. The van der Waals surface area contributed by atoms with Crippen molar-refractivity contribution in [2.24, 2.45) is 5.73 Å². The lowest BCUT2D eigenvalue weighted by molar-refractivity contribution is 0.399. The van der Waals surface area contributed by atoms with Gasteiger partial charge >= 0.3 is 0 Å². The summed E-state index contributed by atoms with van der Waals surface area (Å²) in [6, 6.07) is 3.66. The first-order valence-electron chi connectivity index (χ1n) is 6.56. The third-order valence-electron chi connectivity index (χ3n) is 4.12. The van der Waals surface area contributed by atoms with E-state index in [-0.39, 0.29) is 23.2 Å². The summed E-state index contributed by atoms with van der Waals surface area (Å²) in [6.07, 6.45) is 2.07. The van der Waals surface area contributed by atoms with Crippen LogP contribution >= 0.6 is 0 Å². The molecule has 1 aliphatic carbocycles. The van der Waals surface area contributed by atoms with Gasteiger partial charge in [-0.2, -0.15) is 0 Å². The van der Waals surface area contributed by atoms with Crippen LogP contribution in [0, 0.1) is 5.82 Å². The Labute approximate surface area is 108 Å². The van der Waals surface area contributed by atoms with Crippen LogP contribution in [-0.4, -0.2) is 13.2 Å². The van der Waals surface area contributed by atoms with Crippen molar-refractivity contribution in [3.63, 3.8) is 0 Å². The van der Waals surface area contributed by atoms with Crippen LogP contribution in [-0.2, 0) is 5.41 Å². The average molecular weight is 251 g/mol. The van der Waals surface area contributed by atoms with E-state index in [1.54, 1.807) is 13.2 Å². The van der Waals surface area contributed by atoms with Crippen molar-refractivity contribution in [1.29, 1.82) is 0 Å². The van der Waals surface area contributed by atoms with Crippen LogP contribution in [0.1, 0.15) is 50.7 Å². The molecule has 2 rings (SSSR count). The third kappa shape index (κ3) is 2.01. The monoisotopic (exact) mass is 251 g/mol. The van der Waals surface area contributed by atoms with Gasteiger partial charge in [0.1, 0.15) is 11.6 Å². The van der Waals surface area contributed by atoms with Crippen molar-refractivity contribution in [1.82, 2.24) is 0 Å². The fourth-order valence-electron chi connectivity index (χ4n) is 2.75. The van der Waals surface area contributed by atoms with Gasteiger partial charge in [-0.25, -0.2) is 4.39 Å². The lowest BCUT2D eigenvalue weighted by atomic mass is 9.87. The molecule has 18 heavy (non-hydrogen) atoms. The summed E-state index contributed by atoms with van der Waals surface area (Å²) < 4.78 is 19.6. The topological polar surface area (TPSA) is 35.2 Å². The first-order chi connectivity index (χ1) is 8.42. The second-order valence-corrected chi connectivity index (χ2v) is 5.67. The minimum absolute atomic E-state index is 0.0381. The fourth-order valence-corrected chi connectivity index (χ4v) is 2.75. The molecule has 1 aliphatic rings. The quantitative estimate of drug-likeness (QED) is 0.890. The van der Waals surface area contributed by atoms with Gasteiger partial charge in [0.25, 0.3) is 0 Å². The minimum Gasteiger partial charge on any atom is -0.496 e. The van der Waals surface area contributed by atoms with Crippen molar-refractivity contribution >= 4 is 0 Å². The van der Waals surface area contributed by atoms with Crippen LogP contribution in [0.4, 0.5) is 4.39 Å². The first kappa shape index (κ1) is 13.3. The summed E-state index contributed by atoms with van der Waals surface area (Å²) in [7, 11) is 1.59. The number of ether oxygens (including phenoxy) is 1. The molecule has 0 saturated heterocycles. The maximum atomic E-state index is 14.2. The Morgan fingerprint density at radius 1 is 1.28 bits per heavy atom. The van der Waals surface area contributed by atoms with E-state index in [0.29, 0.717) is 11.3 Å². The summed E-state index contributed by atoms with van der Waals surface area (Å²) in [5.41, 5.74) is 7.64. The van der Waals surface area contributed by atoms with Gasteiger partial charge in [-0.3, -0.25) is 0 Å². The lowest BCUT2D eigenvalue weighted by Gasteiger charge is -2.23. The molecule has 1 fully saturated rings. The molecule has 1 unspecified atom stereocenters. The molecule has 0 spiro atoms. The minimum atomic E-state index is -0.175. The normalized spacial score (nSPS) is 18.8. The maximum Gasteiger partial charge on any atom is 0.130 e. The van der Waals surface area contributed by atoms with E-state index in [0.717, 1.165) is 18.4 Å². The van der Waals surface area contributed by atoms with Gasteiger partial charge in [-0.15, -0.1) is 0 Å². The summed E-state index contributed by atoms with van der Waals surface area (Å²) in [5, 5.41) is 0. The molecule has 0 amide bonds. The van der Waals surface area contributed by atoms with Gasteiger partial charge in [-0.1, -0.05) is 13.8 Å². The van der Waals surface area contributed by atoms with Crippen LogP contribution in [0.2, 0.25) is 0 Å². The van der Waals surface area contributed by atoms with Gasteiger partial charge in [0.05, 0.1) is 7.11 Å². The number of nitrogens with two attached hydrogens (primary N) is 1. The molecule has 2 nitrogen and oxygen atoms in total. The maximum absolute atomic E-state index is 14.2. The van der Waals surface area contributed by atoms with Gasteiger partial charge in [0.15, 0.2) is 0 Å². The van der Waals surface area contributed by atoms with Crippen molar-refractivity contribution in [2.45, 2.75) is 51.0 Å². The average Bonchev–Trinajstić information content (AvgIpc) is 3.08. The summed E-state index contributed by atoms with van der Waals surface area (Å²) in [4.78, 5) is 0. The van der Waals surface area contributed by atoms with Gasteiger partial charge in [-0.05, 0) is 43.4 Å². The first-order valence-corrected chi connectivity index (χ1v) is 6.56. The van der Waals surface area contributed by atoms with E-state index in [1.165, 1.54) is 0 Å². The van der Waals surface area contributed by atoms with Crippen molar-refractivity contribution in [2.75, 3.05) is 7.11 Å². The molecule has 0 radical (unpaired) electrons. The van der Waals surface area contributed by atoms with Gasteiger partial charge in [0, 0.05) is 17.0 Å². The molecule has 0 aromatic heterocycles. The zero-order valence-corrected chi connectivity index (χ0v) is 11.6.